The third kappa shape index (κ3) is 39.5. The summed E-state index contributed by atoms with van der Waals surface area (Å²) in [5.41, 5.74) is 0. The van der Waals surface area contributed by atoms with E-state index in [1.807, 2.05) is 6.08 Å². The normalized spacial score (nSPS) is 13.0. The van der Waals surface area contributed by atoms with Crippen LogP contribution in [0.25, 0.3) is 0 Å². The van der Waals surface area contributed by atoms with Gasteiger partial charge in [-0.3, -0.25) is 14.4 Å². The Kier molecular flexibility index (Phi) is 39.2. The van der Waals surface area contributed by atoms with Gasteiger partial charge in [0.2, 0.25) is 0 Å². The number of unbranched alkanes of at least 4 members (excludes halogenated alkanes) is 11. The van der Waals surface area contributed by atoms with Crippen molar-refractivity contribution in [3.8, 4) is 0 Å². The second-order valence-electron chi connectivity index (χ2n) is 13.5. The molecule has 6 heteroatoms. The summed E-state index contributed by atoms with van der Waals surface area (Å²) < 4.78 is 16.4. The van der Waals surface area contributed by atoms with Crippen LogP contribution in [0.1, 0.15) is 168 Å². The Bertz CT molecular complexity index is 1140. The Morgan fingerprint density at radius 2 is 0.870 bits per heavy atom. The Hall–Kier alpha value is -3.67. The highest BCUT2D eigenvalue weighted by atomic mass is 16.6. The highest BCUT2D eigenvalue weighted by Gasteiger charge is 2.19. The molecule has 0 aromatic carbocycles. The lowest BCUT2D eigenvalue weighted by Crippen LogP contribution is -2.30. The lowest BCUT2D eigenvalue weighted by atomic mass is 10.1. The summed E-state index contributed by atoms with van der Waals surface area (Å²) in [4.78, 5) is 37.5. The predicted molar refractivity (Wildman–Crippen MR) is 228 cm³/mol. The molecule has 0 saturated heterocycles. The molecule has 0 rings (SSSR count). The molecule has 0 heterocycles. The maximum Gasteiger partial charge on any atom is 0.309 e. The first-order valence-corrected chi connectivity index (χ1v) is 21.3. The molecule has 0 fully saturated rings. The number of rotatable bonds is 36. The van der Waals surface area contributed by atoms with Gasteiger partial charge in [-0.15, -0.1) is 0 Å². The van der Waals surface area contributed by atoms with Gasteiger partial charge < -0.3 is 14.2 Å². The summed E-state index contributed by atoms with van der Waals surface area (Å²) in [6, 6.07) is 0. The van der Waals surface area contributed by atoms with Crippen molar-refractivity contribution in [2.45, 2.75) is 175 Å². The zero-order valence-corrected chi connectivity index (χ0v) is 34.4. The van der Waals surface area contributed by atoms with E-state index in [0.717, 1.165) is 77.0 Å². The van der Waals surface area contributed by atoms with Crippen molar-refractivity contribution in [2.75, 3.05) is 13.2 Å². The summed E-state index contributed by atoms with van der Waals surface area (Å²) in [7, 11) is 0. The van der Waals surface area contributed by atoms with E-state index in [1.54, 1.807) is 6.08 Å². The molecule has 0 saturated carbocycles. The van der Waals surface area contributed by atoms with Crippen LogP contribution in [0.15, 0.2) is 97.2 Å². The van der Waals surface area contributed by atoms with E-state index in [1.165, 1.54) is 44.9 Å². The van der Waals surface area contributed by atoms with Crippen molar-refractivity contribution in [3.05, 3.63) is 97.2 Å². The number of carbonyl (C=O) groups excluding carboxylic acids is 3. The van der Waals surface area contributed by atoms with Crippen molar-refractivity contribution in [3.63, 3.8) is 0 Å². The number of ether oxygens (including phenoxy) is 3. The van der Waals surface area contributed by atoms with Crippen molar-refractivity contribution in [1.29, 1.82) is 0 Å². The number of carbonyl (C=O) groups is 3. The molecule has 0 aromatic rings. The van der Waals surface area contributed by atoms with E-state index in [2.05, 4.69) is 106 Å². The summed E-state index contributed by atoms with van der Waals surface area (Å²) in [5.74, 6) is -1.16. The zero-order chi connectivity index (χ0) is 39.4. The fourth-order valence-corrected chi connectivity index (χ4v) is 5.22. The minimum atomic E-state index is -0.847. The largest absolute Gasteiger partial charge is 0.462 e. The zero-order valence-electron chi connectivity index (χ0n) is 34.4. The van der Waals surface area contributed by atoms with Crippen molar-refractivity contribution in [1.82, 2.24) is 0 Å². The van der Waals surface area contributed by atoms with Crippen LogP contribution in [0.4, 0.5) is 0 Å². The molecule has 1 unspecified atom stereocenters. The number of allylic oxidation sites excluding steroid dienone is 15. The molecule has 1 atom stereocenters. The molecular weight excluding hydrogens is 673 g/mol. The predicted octanol–water partition coefficient (Wildman–Crippen LogP) is 13.5. The fourth-order valence-electron chi connectivity index (χ4n) is 5.22. The summed E-state index contributed by atoms with van der Waals surface area (Å²) >= 11 is 0. The molecule has 304 valence electrons. The van der Waals surface area contributed by atoms with Crippen molar-refractivity contribution in [2.24, 2.45) is 0 Å². The molecule has 0 aliphatic heterocycles. The molecule has 0 aliphatic carbocycles. The average Bonchev–Trinajstić information content (AvgIpc) is 3.17. The van der Waals surface area contributed by atoms with Gasteiger partial charge in [0, 0.05) is 12.8 Å². The van der Waals surface area contributed by atoms with E-state index in [0.29, 0.717) is 12.8 Å². The molecule has 0 N–H and O–H groups in total. The van der Waals surface area contributed by atoms with Crippen LogP contribution in [0.5, 0.6) is 0 Å². The summed E-state index contributed by atoms with van der Waals surface area (Å²) in [6.45, 7) is 6.18. The van der Waals surface area contributed by atoms with Crippen molar-refractivity contribution >= 4 is 17.9 Å². The lowest BCUT2D eigenvalue weighted by Gasteiger charge is -2.18. The molecule has 0 bridgehead atoms. The van der Waals surface area contributed by atoms with Gasteiger partial charge in [0.1, 0.15) is 13.2 Å². The van der Waals surface area contributed by atoms with Crippen LogP contribution in [0.3, 0.4) is 0 Å². The van der Waals surface area contributed by atoms with E-state index in [9.17, 15) is 14.4 Å². The molecule has 6 nitrogen and oxygen atoms in total. The molecule has 0 spiro atoms. The van der Waals surface area contributed by atoms with Gasteiger partial charge in [-0.2, -0.15) is 0 Å². The maximum absolute atomic E-state index is 12.6. The van der Waals surface area contributed by atoms with E-state index < -0.39 is 18.0 Å². The van der Waals surface area contributed by atoms with Gasteiger partial charge in [0.25, 0.3) is 0 Å². The quantitative estimate of drug-likeness (QED) is 0.0209. The van der Waals surface area contributed by atoms with E-state index >= 15 is 0 Å². The fraction of sp³-hybridized carbons (Fsp3) is 0.604. The minimum Gasteiger partial charge on any atom is -0.462 e. The second kappa shape index (κ2) is 42.1. The average molecular weight is 749 g/mol. The molecule has 0 radical (unpaired) electrons. The van der Waals surface area contributed by atoms with Gasteiger partial charge in [0.05, 0.1) is 6.42 Å². The smallest absolute Gasteiger partial charge is 0.309 e. The van der Waals surface area contributed by atoms with Crippen LogP contribution in [-0.4, -0.2) is 37.2 Å². The van der Waals surface area contributed by atoms with Gasteiger partial charge in [0.15, 0.2) is 6.10 Å². The van der Waals surface area contributed by atoms with E-state index in [-0.39, 0.29) is 32.0 Å². The van der Waals surface area contributed by atoms with Gasteiger partial charge in [-0.25, -0.2) is 0 Å². The Morgan fingerprint density at radius 3 is 1.44 bits per heavy atom. The Balaban J connectivity index is 4.54. The van der Waals surface area contributed by atoms with Crippen LogP contribution in [0, 0.1) is 0 Å². The molecule has 0 amide bonds. The van der Waals surface area contributed by atoms with Gasteiger partial charge >= 0.3 is 17.9 Å². The highest BCUT2D eigenvalue weighted by molar-refractivity contribution is 5.72. The summed E-state index contributed by atoms with van der Waals surface area (Å²) in [5, 5.41) is 0. The second-order valence-corrected chi connectivity index (χ2v) is 13.5. The van der Waals surface area contributed by atoms with Crippen LogP contribution in [-0.2, 0) is 28.6 Å². The maximum atomic E-state index is 12.6. The van der Waals surface area contributed by atoms with Gasteiger partial charge in [-0.1, -0.05) is 163 Å². The van der Waals surface area contributed by atoms with Crippen LogP contribution >= 0.6 is 0 Å². The summed E-state index contributed by atoms with van der Waals surface area (Å²) in [6.07, 6.45) is 54.4. The Morgan fingerprint density at radius 1 is 0.426 bits per heavy atom. The first kappa shape index (κ1) is 50.3. The molecular formula is C48H76O6. The van der Waals surface area contributed by atoms with E-state index in [4.69, 9.17) is 14.2 Å². The van der Waals surface area contributed by atoms with Crippen molar-refractivity contribution < 1.29 is 28.6 Å². The number of hydrogen-bond donors (Lipinski definition) is 0. The highest BCUT2D eigenvalue weighted by Crippen LogP contribution is 2.10. The topological polar surface area (TPSA) is 78.9 Å². The number of hydrogen-bond acceptors (Lipinski definition) is 6. The lowest BCUT2D eigenvalue weighted by molar-refractivity contribution is -0.166. The minimum absolute atomic E-state index is 0.117. The monoisotopic (exact) mass is 749 g/mol. The third-order valence-electron chi connectivity index (χ3n) is 8.36. The first-order chi connectivity index (χ1) is 26.5. The standard InChI is InChI=1S/C48H76O6/c1-4-7-10-13-16-19-21-22-23-24-25-27-29-32-35-38-41-47(50)53-44-45(43-52-46(49)40-37-34-31-28-18-15-12-9-6-3)54-48(51)42-39-36-33-30-26-20-17-14-11-8-5-2/h8-9,11-12,17-18,20,23-25,27-28,30,33-34,37,45H,4-7,10,13-16,19,21-22,26,29,31-32,35-36,38-44H2,1-3H3/b11-8-,12-9-,20-17-,24-23-,27-25-,28-18-,33-30-,37-34-. The van der Waals surface area contributed by atoms with Crippen LogP contribution < -0.4 is 0 Å². The molecule has 54 heavy (non-hydrogen) atoms. The first-order valence-electron chi connectivity index (χ1n) is 21.3. The Labute approximate surface area is 330 Å². The number of esters is 3. The molecule has 0 aromatic heterocycles. The van der Waals surface area contributed by atoms with Crippen LogP contribution in [0.2, 0.25) is 0 Å². The van der Waals surface area contributed by atoms with Gasteiger partial charge in [-0.05, 0) is 83.5 Å². The third-order valence-corrected chi connectivity index (χ3v) is 8.36. The molecule has 0 aliphatic rings. The SMILES string of the molecule is CC/C=C\C/C=C\C/C=C\CCCC(=O)OC(COC(=O)C/C=C\C/C=C\C/C=C\CC)COC(=O)CCCCC/C=C\C=C/CCCCCCCCC.